The summed E-state index contributed by atoms with van der Waals surface area (Å²) < 4.78 is 3.89. The van der Waals surface area contributed by atoms with Gasteiger partial charge in [0.2, 0.25) is 0 Å². The van der Waals surface area contributed by atoms with E-state index in [0.29, 0.717) is 0 Å². The first kappa shape index (κ1) is 5.43. The lowest BCUT2D eigenvalue weighted by atomic mass is 10.8. The van der Waals surface area contributed by atoms with Crippen LogP contribution in [0, 0.1) is 7.11 Å². The monoisotopic (exact) mass is 88.0 g/mol. The minimum absolute atomic E-state index is 0.431. The molecule has 2 radical (unpaired) electrons. The summed E-state index contributed by atoms with van der Waals surface area (Å²) in [6, 6.07) is 0. The average Bonchev–Trinajstić information content (AvgIpc) is 1.35. The average molecular weight is 88.1 g/mol. The molecule has 6 heavy (non-hydrogen) atoms. The second-order valence-electron chi connectivity index (χ2n) is 0.720. The maximum absolute atomic E-state index is 9.32. The Morgan fingerprint density at radius 1 is 1.83 bits per heavy atom. The van der Waals surface area contributed by atoms with Crippen molar-refractivity contribution in [3.63, 3.8) is 0 Å². The van der Waals surface area contributed by atoms with E-state index in [-0.39, 0.29) is 0 Å². The molecule has 0 rings (SSSR count). The maximum Gasteiger partial charge on any atom is 0.380 e. The quantitative estimate of drug-likeness (QED) is 0.467. The zero-order valence-electron chi connectivity index (χ0n) is 3.14. The summed E-state index contributed by atoms with van der Waals surface area (Å²) in [5.74, 6) is -1.25. The zero-order chi connectivity index (χ0) is 4.99. The summed E-state index contributed by atoms with van der Waals surface area (Å²) in [4.78, 5) is 9.32. The van der Waals surface area contributed by atoms with Crippen molar-refractivity contribution >= 4 is 5.97 Å². The van der Waals surface area contributed by atoms with Crippen molar-refractivity contribution < 1.29 is 14.6 Å². The molecule has 3 nitrogen and oxygen atoms in total. The number of hydrogen-bond acceptors (Lipinski definition) is 2. The van der Waals surface area contributed by atoms with Gasteiger partial charge in [-0.3, -0.25) is 0 Å². The Bertz CT molecular complexity index is 50.0. The molecule has 0 aromatic carbocycles. The van der Waals surface area contributed by atoms with Gasteiger partial charge in [-0.25, -0.2) is 9.90 Å². The third kappa shape index (κ3) is 3.43. The number of ether oxygens (including phenoxy) is 1. The van der Waals surface area contributed by atoms with Gasteiger partial charge in [0.15, 0.2) is 0 Å². The lowest BCUT2D eigenvalue weighted by Gasteiger charge is -1.80. The van der Waals surface area contributed by atoms with E-state index in [1.165, 1.54) is 0 Å². The molecule has 0 saturated heterocycles. The predicted octanol–water partition coefficient (Wildman–Crippen LogP) is -0.248. The number of hydrogen-bond donors (Lipinski definition) is 0. The topological polar surface area (TPSA) is 46.2 Å². The van der Waals surface area contributed by atoms with Gasteiger partial charge in [-0.2, -0.15) is 0 Å². The van der Waals surface area contributed by atoms with Gasteiger partial charge >= 0.3 is 5.97 Å². The van der Waals surface area contributed by atoms with Crippen LogP contribution >= 0.6 is 0 Å². The van der Waals surface area contributed by atoms with Crippen molar-refractivity contribution in [2.24, 2.45) is 0 Å². The SMILES string of the molecule is [CH2]OCC([O])=O. The fourth-order valence-corrected chi connectivity index (χ4v) is 0.0833. The Kier molecular flexibility index (Phi) is 2.40. The maximum atomic E-state index is 9.32. The van der Waals surface area contributed by atoms with Crippen molar-refractivity contribution in [3.05, 3.63) is 7.11 Å². The minimum Gasteiger partial charge on any atom is -0.367 e. The number of carbonyl (C=O) groups is 1. The van der Waals surface area contributed by atoms with Crippen LogP contribution in [0.3, 0.4) is 0 Å². The first-order chi connectivity index (χ1) is 2.77. The van der Waals surface area contributed by atoms with Crippen molar-refractivity contribution in [2.75, 3.05) is 6.61 Å². The van der Waals surface area contributed by atoms with E-state index in [2.05, 4.69) is 11.8 Å². The fourth-order valence-electron chi connectivity index (χ4n) is 0.0833. The van der Waals surface area contributed by atoms with Crippen molar-refractivity contribution in [1.29, 1.82) is 0 Å². The van der Waals surface area contributed by atoms with Crippen LogP contribution in [0.4, 0.5) is 0 Å². The van der Waals surface area contributed by atoms with Crippen LogP contribution in [0.5, 0.6) is 0 Å². The predicted molar refractivity (Wildman–Crippen MR) is 17.0 cm³/mol. The summed E-state index contributed by atoms with van der Waals surface area (Å²) in [5.41, 5.74) is 0. The molecule has 0 bridgehead atoms. The van der Waals surface area contributed by atoms with Crippen LogP contribution in [0.15, 0.2) is 0 Å². The Labute approximate surface area is 35.5 Å². The molecule has 0 saturated carbocycles. The Morgan fingerprint density at radius 2 is 2.33 bits per heavy atom. The molecular weight excluding hydrogens is 84.0 g/mol. The van der Waals surface area contributed by atoms with Gasteiger partial charge in [0.05, 0.1) is 7.11 Å². The highest BCUT2D eigenvalue weighted by Gasteiger charge is 1.92. The van der Waals surface area contributed by atoms with Crippen LogP contribution in [0.25, 0.3) is 0 Å². The molecule has 0 N–H and O–H groups in total. The summed E-state index contributed by atoms with van der Waals surface area (Å²) in [6.45, 7) is -0.431. The molecule has 0 amide bonds. The van der Waals surface area contributed by atoms with E-state index in [9.17, 15) is 9.90 Å². The van der Waals surface area contributed by atoms with E-state index in [4.69, 9.17) is 0 Å². The summed E-state index contributed by atoms with van der Waals surface area (Å²) in [7, 11) is 2.80. The molecule has 0 heterocycles. The van der Waals surface area contributed by atoms with Gasteiger partial charge in [0.1, 0.15) is 6.61 Å². The minimum atomic E-state index is -1.25. The van der Waals surface area contributed by atoms with Crippen LogP contribution in [-0.4, -0.2) is 12.6 Å². The van der Waals surface area contributed by atoms with Crippen LogP contribution in [0.1, 0.15) is 0 Å². The van der Waals surface area contributed by atoms with E-state index in [1.54, 1.807) is 0 Å². The summed E-state index contributed by atoms with van der Waals surface area (Å²) in [5, 5.41) is 9.32. The molecule has 0 spiro atoms. The van der Waals surface area contributed by atoms with E-state index in [0.717, 1.165) is 0 Å². The molecule has 0 fully saturated rings. The highest BCUT2D eigenvalue weighted by Crippen LogP contribution is 1.65. The van der Waals surface area contributed by atoms with Crippen LogP contribution in [0.2, 0.25) is 0 Å². The van der Waals surface area contributed by atoms with Crippen LogP contribution < -0.4 is 0 Å². The summed E-state index contributed by atoms with van der Waals surface area (Å²) >= 11 is 0. The molecule has 3 heteroatoms. The summed E-state index contributed by atoms with van der Waals surface area (Å²) in [6.07, 6.45) is 0. The van der Waals surface area contributed by atoms with E-state index >= 15 is 0 Å². The van der Waals surface area contributed by atoms with Gasteiger partial charge in [-0.15, -0.1) is 0 Å². The molecule has 0 aliphatic carbocycles. The van der Waals surface area contributed by atoms with Crippen LogP contribution in [-0.2, 0) is 14.6 Å². The third-order valence-corrected chi connectivity index (χ3v) is 0.220. The number of rotatable bonds is 2. The molecule has 0 aliphatic heterocycles. The molecule has 0 unspecified atom stereocenters. The molecule has 0 atom stereocenters. The number of carbonyl (C=O) groups excluding carboxylic acids is 1. The first-order valence-corrected chi connectivity index (χ1v) is 1.34. The molecular formula is C3H4O3. The van der Waals surface area contributed by atoms with Gasteiger partial charge < -0.3 is 4.74 Å². The van der Waals surface area contributed by atoms with Gasteiger partial charge in [-0.05, 0) is 0 Å². The van der Waals surface area contributed by atoms with Gasteiger partial charge in [0.25, 0.3) is 0 Å². The lowest BCUT2D eigenvalue weighted by Crippen LogP contribution is -1.99. The van der Waals surface area contributed by atoms with Crippen molar-refractivity contribution in [1.82, 2.24) is 0 Å². The van der Waals surface area contributed by atoms with Gasteiger partial charge in [-0.1, -0.05) is 0 Å². The standard InChI is InChI=1S/C3H4O3/c1-6-2-3(4)5/h1-2H2. The second-order valence-corrected chi connectivity index (χ2v) is 0.720. The van der Waals surface area contributed by atoms with E-state index in [1.807, 2.05) is 0 Å². The molecule has 0 aromatic heterocycles. The highest BCUT2D eigenvalue weighted by atomic mass is 16.5. The normalized spacial score (nSPS) is 8.17. The fraction of sp³-hybridized carbons (Fsp3) is 0.333. The third-order valence-electron chi connectivity index (χ3n) is 0.220. The molecule has 34 valence electrons. The van der Waals surface area contributed by atoms with E-state index < -0.39 is 12.6 Å². The molecule has 0 aromatic rings. The Morgan fingerprint density at radius 3 is 2.33 bits per heavy atom. The zero-order valence-corrected chi connectivity index (χ0v) is 3.14. The van der Waals surface area contributed by atoms with Crippen molar-refractivity contribution in [2.45, 2.75) is 0 Å². The Hall–Kier alpha value is -0.570. The lowest BCUT2D eigenvalue weighted by molar-refractivity contribution is -0.146. The Balaban J connectivity index is 2.83. The largest absolute Gasteiger partial charge is 0.380 e. The smallest absolute Gasteiger partial charge is 0.367 e. The highest BCUT2D eigenvalue weighted by molar-refractivity contribution is 5.67. The molecule has 0 aliphatic rings. The second kappa shape index (κ2) is 2.66. The van der Waals surface area contributed by atoms with Gasteiger partial charge in [0, 0.05) is 0 Å². The van der Waals surface area contributed by atoms with Crippen molar-refractivity contribution in [3.8, 4) is 0 Å². The first-order valence-electron chi connectivity index (χ1n) is 1.34.